The van der Waals surface area contributed by atoms with E-state index in [0.29, 0.717) is 0 Å². The van der Waals surface area contributed by atoms with Gasteiger partial charge in [0.25, 0.3) is 0 Å². The third-order valence-electron chi connectivity index (χ3n) is 3.01. The molecule has 0 radical (unpaired) electrons. The van der Waals surface area contributed by atoms with Crippen LogP contribution in [0.15, 0.2) is 12.7 Å². The quantitative estimate of drug-likeness (QED) is 0.722. The van der Waals surface area contributed by atoms with E-state index in [2.05, 4.69) is 6.58 Å². The van der Waals surface area contributed by atoms with Gasteiger partial charge in [-0.1, -0.05) is 13.0 Å². The maximum absolute atomic E-state index is 12.1. The Balaban J connectivity index is 4.82. The summed E-state index contributed by atoms with van der Waals surface area (Å²) < 4.78 is 0. The van der Waals surface area contributed by atoms with Crippen LogP contribution in [0, 0.1) is 0 Å². The Kier molecular flexibility index (Phi) is 5.71. The Morgan fingerprint density at radius 3 is 2.29 bits per heavy atom. The van der Waals surface area contributed by atoms with E-state index in [4.69, 9.17) is 5.11 Å². The van der Waals surface area contributed by atoms with Crippen molar-refractivity contribution in [1.29, 1.82) is 0 Å². The smallest absolute Gasteiger partial charge is 0.323 e. The van der Waals surface area contributed by atoms with Gasteiger partial charge in [0.2, 0.25) is 0 Å². The van der Waals surface area contributed by atoms with Crippen molar-refractivity contribution in [3.8, 4) is 0 Å². The topological polar surface area (TPSA) is 60.9 Å². The molecule has 17 heavy (non-hydrogen) atoms. The second-order valence-corrected chi connectivity index (χ2v) is 4.57. The largest absolute Gasteiger partial charge is 0.480 e. The zero-order chi connectivity index (χ0) is 13.6. The number of nitrogens with zero attached hydrogens (tertiary/aromatic N) is 2. The van der Waals surface area contributed by atoms with Crippen LogP contribution in [0.1, 0.15) is 27.2 Å². The third kappa shape index (κ3) is 4.46. The fourth-order valence-electron chi connectivity index (χ4n) is 1.24. The summed E-state index contributed by atoms with van der Waals surface area (Å²) >= 11 is 0. The van der Waals surface area contributed by atoms with Crippen molar-refractivity contribution >= 4 is 12.0 Å². The minimum atomic E-state index is -1.03. The summed E-state index contributed by atoms with van der Waals surface area (Å²) in [6.07, 6.45) is 2.32. The SMILES string of the molecule is C=CCN(CC(=O)O)C(=O)N(C)C(C)(C)CC. The predicted molar refractivity (Wildman–Crippen MR) is 66.9 cm³/mol. The van der Waals surface area contributed by atoms with Gasteiger partial charge in [-0.15, -0.1) is 6.58 Å². The molecule has 0 aliphatic carbocycles. The molecule has 0 aliphatic heterocycles. The zero-order valence-corrected chi connectivity index (χ0v) is 11.1. The Morgan fingerprint density at radius 1 is 1.41 bits per heavy atom. The van der Waals surface area contributed by atoms with Crippen LogP contribution in [0.2, 0.25) is 0 Å². The lowest BCUT2D eigenvalue weighted by Crippen LogP contribution is -2.52. The summed E-state index contributed by atoms with van der Waals surface area (Å²) in [5.74, 6) is -1.03. The number of carbonyl (C=O) groups excluding carboxylic acids is 1. The molecule has 0 aromatic heterocycles. The van der Waals surface area contributed by atoms with Crippen molar-refractivity contribution in [3.05, 3.63) is 12.7 Å². The van der Waals surface area contributed by atoms with Crippen molar-refractivity contribution in [1.82, 2.24) is 9.80 Å². The summed E-state index contributed by atoms with van der Waals surface area (Å²) in [5, 5.41) is 8.75. The molecule has 0 bridgehead atoms. The molecular formula is C12H22N2O3. The van der Waals surface area contributed by atoms with E-state index < -0.39 is 5.97 Å². The fraction of sp³-hybridized carbons (Fsp3) is 0.667. The van der Waals surface area contributed by atoms with Crippen LogP contribution in [0.5, 0.6) is 0 Å². The minimum absolute atomic E-state index is 0.231. The number of aliphatic carboxylic acids is 1. The van der Waals surface area contributed by atoms with E-state index in [1.807, 2.05) is 20.8 Å². The molecule has 5 nitrogen and oxygen atoms in total. The molecule has 0 rings (SSSR count). The summed E-state index contributed by atoms with van der Waals surface area (Å²) in [7, 11) is 1.68. The lowest BCUT2D eigenvalue weighted by atomic mass is 10.0. The zero-order valence-electron chi connectivity index (χ0n) is 11.1. The average Bonchev–Trinajstić information content (AvgIpc) is 2.26. The normalized spacial score (nSPS) is 10.8. The van der Waals surface area contributed by atoms with Crippen LogP contribution in [-0.4, -0.2) is 52.6 Å². The molecule has 0 saturated heterocycles. The molecule has 0 unspecified atom stereocenters. The highest BCUT2D eigenvalue weighted by molar-refractivity contribution is 5.80. The van der Waals surface area contributed by atoms with Gasteiger partial charge in [-0.2, -0.15) is 0 Å². The monoisotopic (exact) mass is 242 g/mol. The highest BCUT2D eigenvalue weighted by Crippen LogP contribution is 2.18. The number of hydrogen-bond acceptors (Lipinski definition) is 2. The van der Waals surface area contributed by atoms with E-state index in [9.17, 15) is 9.59 Å². The second kappa shape index (κ2) is 6.27. The third-order valence-corrected chi connectivity index (χ3v) is 3.01. The van der Waals surface area contributed by atoms with Crippen LogP contribution < -0.4 is 0 Å². The second-order valence-electron chi connectivity index (χ2n) is 4.57. The Morgan fingerprint density at radius 2 is 1.94 bits per heavy atom. The molecule has 0 atom stereocenters. The Bertz CT molecular complexity index is 300. The molecular weight excluding hydrogens is 220 g/mol. The van der Waals surface area contributed by atoms with Gasteiger partial charge in [-0.3, -0.25) is 4.79 Å². The average molecular weight is 242 g/mol. The first-order chi connectivity index (χ1) is 7.76. The standard InChI is InChI=1S/C12H22N2O3/c1-6-8-14(9-10(15)16)11(17)13(5)12(3,4)7-2/h6H,1,7-9H2,2-5H3,(H,15,16). The number of carbonyl (C=O) groups is 2. The van der Waals surface area contributed by atoms with Crippen molar-refractivity contribution in [2.24, 2.45) is 0 Å². The molecule has 1 N–H and O–H groups in total. The first-order valence-electron chi connectivity index (χ1n) is 5.61. The molecule has 0 aromatic rings. The molecule has 0 heterocycles. The van der Waals surface area contributed by atoms with Crippen LogP contribution in [0.25, 0.3) is 0 Å². The number of carboxylic acids is 1. The summed E-state index contributed by atoms with van der Waals surface area (Å²) in [6, 6.07) is -0.292. The van der Waals surface area contributed by atoms with Gasteiger partial charge in [0.05, 0.1) is 0 Å². The van der Waals surface area contributed by atoms with Gasteiger partial charge in [-0.05, 0) is 20.3 Å². The summed E-state index contributed by atoms with van der Waals surface area (Å²) in [6.45, 7) is 9.32. The number of urea groups is 1. The van der Waals surface area contributed by atoms with Crippen LogP contribution in [0.4, 0.5) is 4.79 Å². The van der Waals surface area contributed by atoms with Gasteiger partial charge in [0.1, 0.15) is 6.54 Å². The molecule has 0 saturated carbocycles. The lowest BCUT2D eigenvalue weighted by molar-refractivity contribution is -0.137. The predicted octanol–water partition coefficient (Wildman–Crippen LogP) is 1.80. The van der Waals surface area contributed by atoms with Crippen LogP contribution in [0.3, 0.4) is 0 Å². The minimum Gasteiger partial charge on any atom is -0.480 e. The van der Waals surface area contributed by atoms with E-state index in [0.717, 1.165) is 6.42 Å². The molecule has 2 amide bonds. The van der Waals surface area contributed by atoms with Crippen molar-refractivity contribution in [2.45, 2.75) is 32.7 Å². The number of rotatable bonds is 6. The molecule has 5 heteroatoms. The maximum atomic E-state index is 12.1. The molecule has 98 valence electrons. The summed E-state index contributed by atoms with van der Waals surface area (Å²) in [5.41, 5.74) is -0.297. The van der Waals surface area contributed by atoms with E-state index >= 15 is 0 Å². The maximum Gasteiger partial charge on any atom is 0.323 e. The highest BCUT2D eigenvalue weighted by Gasteiger charge is 2.29. The first-order valence-corrected chi connectivity index (χ1v) is 5.61. The molecule has 0 aliphatic rings. The Hall–Kier alpha value is -1.52. The lowest BCUT2D eigenvalue weighted by Gasteiger charge is -2.37. The van der Waals surface area contributed by atoms with Crippen LogP contribution in [-0.2, 0) is 4.79 Å². The van der Waals surface area contributed by atoms with Crippen molar-refractivity contribution in [3.63, 3.8) is 0 Å². The van der Waals surface area contributed by atoms with Crippen molar-refractivity contribution < 1.29 is 14.7 Å². The summed E-state index contributed by atoms with van der Waals surface area (Å²) in [4.78, 5) is 25.6. The fourth-order valence-corrected chi connectivity index (χ4v) is 1.24. The van der Waals surface area contributed by atoms with Gasteiger partial charge >= 0.3 is 12.0 Å². The van der Waals surface area contributed by atoms with Gasteiger partial charge < -0.3 is 14.9 Å². The van der Waals surface area contributed by atoms with Crippen LogP contribution >= 0.6 is 0 Å². The Labute approximate surface area is 103 Å². The molecule has 0 aromatic carbocycles. The van der Waals surface area contributed by atoms with E-state index in [-0.39, 0.29) is 24.7 Å². The van der Waals surface area contributed by atoms with Crippen molar-refractivity contribution in [2.75, 3.05) is 20.1 Å². The number of carboxylic acid groups (broad SMARTS) is 1. The van der Waals surface area contributed by atoms with Gasteiger partial charge in [0.15, 0.2) is 0 Å². The first kappa shape index (κ1) is 15.5. The van der Waals surface area contributed by atoms with Gasteiger partial charge in [0, 0.05) is 19.1 Å². The van der Waals surface area contributed by atoms with E-state index in [1.54, 1.807) is 11.9 Å². The number of amides is 2. The van der Waals surface area contributed by atoms with E-state index in [1.165, 1.54) is 11.0 Å². The highest BCUT2D eigenvalue weighted by atomic mass is 16.4. The molecule has 0 spiro atoms. The van der Waals surface area contributed by atoms with Gasteiger partial charge in [-0.25, -0.2) is 4.79 Å². The number of hydrogen-bond donors (Lipinski definition) is 1. The molecule has 0 fully saturated rings.